The van der Waals surface area contributed by atoms with E-state index in [0.717, 1.165) is 4.90 Å². The van der Waals surface area contributed by atoms with Gasteiger partial charge in [-0.25, -0.2) is 4.79 Å². The van der Waals surface area contributed by atoms with Gasteiger partial charge in [-0.2, -0.15) is 0 Å². The molecule has 0 saturated heterocycles. The molecule has 0 fully saturated rings. The topological polar surface area (TPSA) is 114 Å². The molecule has 2 aromatic rings. The highest BCUT2D eigenvalue weighted by Gasteiger charge is 2.16. The Bertz CT molecular complexity index is 944. The molecule has 2 aromatic carbocycles. The fraction of sp³-hybridized carbons (Fsp3) is 0.238. The van der Waals surface area contributed by atoms with E-state index in [0.29, 0.717) is 17.1 Å². The lowest BCUT2D eigenvalue weighted by Gasteiger charge is -2.17. The van der Waals surface area contributed by atoms with Gasteiger partial charge in [0.2, 0.25) is 11.8 Å². The molecule has 0 spiro atoms. The Morgan fingerprint density at radius 1 is 0.967 bits per heavy atom. The van der Waals surface area contributed by atoms with E-state index in [4.69, 9.17) is 9.47 Å². The molecule has 9 heteroatoms. The average molecular weight is 413 g/mol. The highest BCUT2D eigenvalue weighted by molar-refractivity contribution is 5.96. The molecule has 0 atom stereocenters. The van der Waals surface area contributed by atoms with E-state index >= 15 is 0 Å². The highest BCUT2D eigenvalue weighted by Crippen LogP contribution is 2.16. The lowest BCUT2D eigenvalue weighted by molar-refractivity contribution is -0.136. The second kappa shape index (κ2) is 10.6. The van der Waals surface area contributed by atoms with Crippen LogP contribution in [0.5, 0.6) is 5.75 Å². The van der Waals surface area contributed by atoms with E-state index in [9.17, 15) is 19.2 Å². The summed E-state index contributed by atoms with van der Waals surface area (Å²) in [6.07, 6.45) is 0. The molecule has 0 saturated carbocycles. The number of hydrogen-bond acceptors (Lipinski definition) is 6. The maximum atomic E-state index is 12.2. The second-order valence-corrected chi connectivity index (χ2v) is 6.37. The summed E-state index contributed by atoms with van der Waals surface area (Å²) in [7, 11) is 2.95. The van der Waals surface area contributed by atoms with Crippen molar-refractivity contribution in [1.82, 2.24) is 4.90 Å². The lowest BCUT2D eigenvalue weighted by atomic mass is 10.2. The maximum absolute atomic E-state index is 12.2. The minimum Gasteiger partial charge on any atom is -0.497 e. The van der Waals surface area contributed by atoms with Gasteiger partial charge in [0.15, 0.2) is 6.61 Å². The van der Waals surface area contributed by atoms with Gasteiger partial charge >= 0.3 is 5.97 Å². The van der Waals surface area contributed by atoms with Gasteiger partial charge in [-0.1, -0.05) is 12.1 Å². The molecule has 0 radical (unpaired) electrons. The first-order valence-corrected chi connectivity index (χ1v) is 9.01. The van der Waals surface area contributed by atoms with Crippen LogP contribution in [-0.4, -0.2) is 55.9 Å². The predicted octanol–water partition coefficient (Wildman–Crippen LogP) is 1.91. The van der Waals surface area contributed by atoms with Crippen molar-refractivity contribution in [3.05, 3.63) is 54.1 Å². The van der Waals surface area contributed by atoms with Gasteiger partial charge in [0.1, 0.15) is 5.75 Å². The van der Waals surface area contributed by atoms with Crippen LogP contribution >= 0.6 is 0 Å². The largest absolute Gasteiger partial charge is 0.497 e. The van der Waals surface area contributed by atoms with Crippen LogP contribution in [0.3, 0.4) is 0 Å². The third-order valence-corrected chi connectivity index (χ3v) is 3.91. The number of ether oxygens (including phenoxy) is 2. The standard InChI is InChI=1S/C21H23N3O6/c1-14(25)22-16-7-4-6-15(10-16)21(28)30-13-20(27)24(2)12-19(26)23-17-8-5-9-18(11-17)29-3/h4-11H,12-13H2,1-3H3,(H,22,25)(H,23,26). The van der Waals surface area contributed by atoms with Gasteiger partial charge in [-0.05, 0) is 30.3 Å². The molecule has 0 aromatic heterocycles. The Morgan fingerprint density at radius 2 is 1.63 bits per heavy atom. The molecule has 2 rings (SSSR count). The Hall–Kier alpha value is -3.88. The third-order valence-electron chi connectivity index (χ3n) is 3.91. The van der Waals surface area contributed by atoms with Gasteiger partial charge in [0.05, 0.1) is 19.2 Å². The molecule has 30 heavy (non-hydrogen) atoms. The zero-order valence-corrected chi connectivity index (χ0v) is 16.9. The summed E-state index contributed by atoms with van der Waals surface area (Å²) in [5, 5.41) is 5.22. The first-order chi connectivity index (χ1) is 14.3. The molecule has 0 bridgehead atoms. The van der Waals surface area contributed by atoms with Crippen LogP contribution in [0.2, 0.25) is 0 Å². The summed E-state index contributed by atoms with van der Waals surface area (Å²) < 4.78 is 10.1. The number of rotatable bonds is 8. The van der Waals surface area contributed by atoms with Gasteiger partial charge in [0.25, 0.3) is 5.91 Å². The molecule has 9 nitrogen and oxygen atoms in total. The first kappa shape index (κ1) is 22.4. The molecule has 0 aliphatic carbocycles. The summed E-state index contributed by atoms with van der Waals surface area (Å²) in [6.45, 7) is 0.613. The van der Waals surface area contributed by atoms with Crippen LogP contribution in [0.15, 0.2) is 48.5 Å². The van der Waals surface area contributed by atoms with E-state index < -0.39 is 24.4 Å². The van der Waals surface area contributed by atoms with Gasteiger partial charge < -0.3 is 25.0 Å². The van der Waals surface area contributed by atoms with Crippen LogP contribution in [0.1, 0.15) is 17.3 Å². The van der Waals surface area contributed by atoms with E-state index in [-0.39, 0.29) is 18.0 Å². The highest BCUT2D eigenvalue weighted by atomic mass is 16.5. The van der Waals surface area contributed by atoms with Gasteiger partial charge in [-0.15, -0.1) is 0 Å². The monoisotopic (exact) mass is 413 g/mol. The fourth-order valence-corrected chi connectivity index (χ4v) is 2.45. The molecule has 3 amide bonds. The van der Waals surface area contributed by atoms with Crippen molar-refractivity contribution in [3.8, 4) is 5.75 Å². The SMILES string of the molecule is COc1cccc(NC(=O)CN(C)C(=O)COC(=O)c2cccc(NC(C)=O)c2)c1. The lowest BCUT2D eigenvalue weighted by Crippen LogP contribution is -2.37. The van der Waals surface area contributed by atoms with E-state index in [2.05, 4.69) is 10.6 Å². The Labute approximate surface area is 174 Å². The number of amides is 3. The van der Waals surface area contributed by atoms with Gasteiger partial charge in [0, 0.05) is 31.4 Å². The number of likely N-dealkylation sites (N-methyl/N-ethyl adjacent to an activating group) is 1. The van der Waals surface area contributed by atoms with Crippen molar-refractivity contribution < 1.29 is 28.7 Å². The molecule has 0 heterocycles. The summed E-state index contributed by atoms with van der Waals surface area (Å²) in [5.41, 5.74) is 1.16. The van der Waals surface area contributed by atoms with Crippen molar-refractivity contribution in [1.29, 1.82) is 0 Å². The maximum Gasteiger partial charge on any atom is 0.338 e. The predicted molar refractivity (Wildman–Crippen MR) is 110 cm³/mol. The van der Waals surface area contributed by atoms with Crippen LogP contribution in [0, 0.1) is 0 Å². The van der Waals surface area contributed by atoms with E-state index in [1.165, 1.54) is 33.2 Å². The number of carbonyl (C=O) groups is 4. The van der Waals surface area contributed by atoms with E-state index in [1.54, 1.807) is 36.4 Å². The van der Waals surface area contributed by atoms with Crippen molar-refractivity contribution in [2.24, 2.45) is 0 Å². The number of anilines is 2. The summed E-state index contributed by atoms with van der Waals surface area (Å²) in [5.74, 6) is -1.35. The van der Waals surface area contributed by atoms with Crippen LogP contribution in [0.4, 0.5) is 11.4 Å². The van der Waals surface area contributed by atoms with E-state index in [1.807, 2.05) is 0 Å². The molecule has 0 unspecified atom stereocenters. The average Bonchev–Trinajstić information content (AvgIpc) is 2.71. The minimum absolute atomic E-state index is 0.187. The Balaban J connectivity index is 1.84. The first-order valence-electron chi connectivity index (χ1n) is 9.01. The second-order valence-electron chi connectivity index (χ2n) is 6.37. The Kier molecular flexibility index (Phi) is 7.92. The summed E-state index contributed by atoms with van der Waals surface area (Å²) in [6, 6.07) is 13.0. The molecular formula is C21H23N3O6. The summed E-state index contributed by atoms with van der Waals surface area (Å²) in [4.78, 5) is 48.7. The number of carbonyl (C=O) groups excluding carboxylic acids is 4. The normalized spacial score (nSPS) is 9.97. The molecule has 0 aliphatic heterocycles. The molecular weight excluding hydrogens is 390 g/mol. The number of nitrogens with one attached hydrogen (secondary N) is 2. The number of nitrogens with zero attached hydrogens (tertiary/aromatic N) is 1. The number of esters is 1. The van der Waals surface area contributed by atoms with Crippen LogP contribution in [0.25, 0.3) is 0 Å². The molecule has 0 aliphatic rings. The summed E-state index contributed by atoms with van der Waals surface area (Å²) >= 11 is 0. The van der Waals surface area contributed by atoms with Crippen LogP contribution in [-0.2, 0) is 19.1 Å². The zero-order valence-electron chi connectivity index (χ0n) is 16.9. The fourth-order valence-electron chi connectivity index (χ4n) is 2.45. The van der Waals surface area contributed by atoms with Crippen LogP contribution < -0.4 is 15.4 Å². The number of methoxy groups -OCH3 is 1. The number of benzene rings is 2. The van der Waals surface area contributed by atoms with Crippen molar-refractivity contribution in [2.45, 2.75) is 6.92 Å². The number of hydrogen-bond donors (Lipinski definition) is 2. The van der Waals surface area contributed by atoms with Crippen molar-refractivity contribution in [2.75, 3.05) is 37.9 Å². The third kappa shape index (κ3) is 6.93. The molecule has 158 valence electrons. The zero-order chi connectivity index (χ0) is 22.1. The quantitative estimate of drug-likeness (QED) is 0.639. The minimum atomic E-state index is -0.718. The van der Waals surface area contributed by atoms with Crippen molar-refractivity contribution in [3.63, 3.8) is 0 Å². The van der Waals surface area contributed by atoms with Gasteiger partial charge in [-0.3, -0.25) is 14.4 Å². The molecule has 2 N–H and O–H groups in total. The smallest absolute Gasteiger partial charge is 0.338 e. The van der Waals surface area contributed by atoms with Crippen molar-refractivity contribution >= 4 is 35.1 Å². The Morgan fingerprint density at radius 3 is 2.30 bits per heavy atom.